The number of rotatable bonds is 8. The predicted octanol–water partition coefficient (Wildman–Crippen LogP) is 4.11. The van der Waals surface area contributed by atoms with E-state index in [2.05, 4.69) is 46.5 Å². The van der Waals surface area contributed by atoms with Crippen molar-refractivity contribution >= 4 is 0 Å². The topological polar surface area (TPSA) is 38.0 Å². The molecule has 110 valence electrons. The van der Waals surface area contributed by atoms with Crippen molar-refractivity contribution < 1.29 is 0 Å². The molecule has 2 heteroatoms. The van der Waals surface area contributed by atoms with Gasteiger partial charge in [-0.15, -0.1) is 0 Å². The Labute approximate surface area is 115 Å². The minimum Gasteiger partial charge on any atom is -0.328 e. The highest BCUT2D eigenvalue weighted by Crippen LogP contribution is 2.31. The lowest BCUT2D eigenvalue weighted by Gasteiger charge is -2.40. The van der Waals surface area contributed by atoms with E-state index >= 15 is 0 Å². The average Bonchev–Trinajstić information content (AvgIpc) is 2.37. The second-order valence-corrected chi connectivity index (χ2v) is 5.02. The maximum atomic E-state index is 6.08. The number of nitrogens with one attached hydrogen (secondary N) is 1. The number of hydrogen-bond acceptors (Lipinski definition) is 2. The number of nitrogens with two attached hydrogens (primary N) is 1. The first-order chi connectivity index (χ1) is 8.42. The van der Waals surface area contributed by atoms with Crippen molar-refractivity contribution in [2.24, 2.45) is 11.7 Å². The molecule has 0 aliphatic heterocycles. The molecule has 0 amide bonds. The molecular weight excluding hydrogens is 220 g/mol. The zero-order valence-electron chi connectivity index (χ0n) is 13.8. The average molecular weight is 256 g/mol. The van der Waals surface area contributed by atoms with Gasteiger partial charge in [0.15, 0.2) is 0 Å². The molecule has 0 aliphatic carbocycles. The molecule has 0 rings (SSSR count). The summed E-state index contributed by atoms with van der Waals surface area (Å²) in [5.74, 6) is 0.569. The van der Waals surface area contributed by atoms with Crippen molar-refractivity contribution in [2.45, 2.75) is 79.3 Å². The molecular formula is C16H36N2. The Bertz CT molecular complexity index is 213. The van der Waals surface area contributed by atoms with Crippen molar-refractivity contribution in [3.8, 4) is 0 Å². The van der Waals surface area contributed by atoms with Crippen molar-refractivity contribution in [3.05, 3.63) is 12.2 Å². The molecule has 0 aliphatic rings. The van der Waals surface area contributed by atoms with Gasteiger partial charge in [-0.3, -0.25) is 0 Å². The Morgan fingerprint density at radius 2 is 1.72 bits per heavy atom. The maximum absolute atomic E-state index is 6.08. The van der Waals surface area contributed by atoms with Gasteiger partial charge in [0.1, 0.15) is 0 Å². The van der Waals surface area contributed by atoms with Crippen LogP contribution >= 0.6 is 0 Å². The molecule has 2 nitrogen and oxygen atoms in total. The zero-order valence-corrected chi connectivity index (χ0v) is 13.8. The molecule has 0 spiro atoms. The first-order valence-electron chi connectivity index (χ1n) is 7.58. The monoisotopic (exact) mass is 256 g/mol. The van der Waals surface area contributed by atoms with Crippen LogP contribution in [0.25, 0.3) is 0 Å². The lowest BCUT2D eigenvalue weighted by Crippen LogP contribution is -2.50. The highest BCUT2D eigenvalue weighted by atomic mass is 15.0. The third-order valence-corrected chi connectivity index (χ3v) is 3.85. The third kappa shape index (κ3) is 6.01. The quantitative estimate of drug-likeness (QED) is 0.641. The molecule has 0 heterocycles. The molecule has 0 aromatic rings. The van der Waals surface area contributed by atoms with Gasteiger partial charge in [-0.2, -0.15) is 0 Å². The van der Waals surface area contributed by atoms with E-state index in [1.807, 2.05) is 13.8 Å². The van der Waals surface area contributed by atoms with Crippen LogP contribution in [0.1, 0.15) is 67.7 Å². The van der Waals surface area contributed by atoms with E-state index in [1.165, 1.54) is 5.57 Å². The molecule has 0 radical (unpaired) electrons. The Hall–Kier alpha value is -0.340. The molecule has 0 aromatic carbocycles. The smallest absolute Gasteiger partial charge is 0.0388 e. The summed E-state index contributed by atoms with van der Waals surface area (Å²) in [6, 6.07) is 0.308. The lowest BCUT2D eigenvalue weighted by molar-refractivity contribution is 0.240. The minimum atomic E-state index is 0.0241. The van der Waals surface area contributed by atoms with Gasteiger partial charge < -0.3 is 11.1 Å². The summed E-state index contributed by atoms with van der Waals surface area (Å²) in [4.78, 5) is 0. The van der Waals surface area contributed by atoms with Gasteiger partial charge in [-0.1, -0.05) is 53.2 Å². The third-order valence-electron chi connectivity index (χ3n) is 3.85. The van der Waals surface area contributed by atoms with Crippen molar-refractivity contribution in [1.82, 2.24) is 5.32 Å². The van der Waals surface area contributed by atoms with Crippen LogP contribution in [0.4, 0.5) is 0 Å². The van der Waals surface area contributed by atoms with Crippen LogP contribution in [-0.4, -0.2) is 18.1 Å². The summed E-state index contributed by atoms with van der Waals surface area (Å²) in [7, 11) is 0. The summed E-state index contributed by atoms with van der Waals surface area (Å²) >= 11 is 0. The second-order valence-electron chi connectivity index (χ2n) is 5.02. The molecule has 18 heavy (non-hydrogen) atoms. The van der Waals surface area contributed by atoms with Gasteiger partial charge >= 0.3 is 0 Å². The molecule has 3 unspecified atom stereocenters. The Morgan fingerprint density at radius 1 is 1.22 bits per heavy atom. The van der Waals surface area contributed by atoms with Crippen molar-refractivity contribution in [3.63, 3.8) is 0 Å². The van der Waals surface area contributed by atoms with Gasteiger partial charge in [0.05, 0.1) is 0 Å². The zero-order chi connectivity index (χ0) is 14.8. The van der Waals surface area contributed by atoms with Gasteiger partial charge in [0, 0.05) is 11.6 Å². The van der Waals surface area contributed by atoms with Gasteiger partial charge in [0.2, 0.25) is 0 Å². The predicted molar refractivity (Wildman–Crippen MR) is 84.9 cm³/mol. The van der Waals surface area contributed by atoms with Crippen LogP contribution in [0, 0.1) is 5.92 Å². The van der Waals surface area contributed by atoms with Crippen LogP contribution in [0.5, 0.6) is 0 Å². The molecule has 0 bridgehead atoms. The highest BCUT2D eigenvalue weighted by Gasteiger charge is 2.33. The Kier molecular flexibility index (Phi) is 11.7. The largest absolute Gasteiger partial charge is 0.328 e. The van der Waals surface area contributed by atoms with E-state index in [0.717, 1.165) is 25.8 Å². The number of hydrogen-bond donors (Lipinski definition) is 2. The second kappa shape index (κ2) is 10.6. The van der Waals surface area contributed by atoms with Crippen LogP contribution in [0.15, 0.2) is 12.2 Å². The molecule has 0 saturated heterocycles. The molecule has 3 N–H and O–H groups in total. The maximum Gasteiger partial charge on any atom is 0.0388 e. The Morgan fingerprint density at radius 3 is 2.00 bits per heavy atom. The summed E-state index contributed by atoms with van der Waals surface area (Å²) < 4.78 is 0. The first kappa shape index (κ1) is 20.0. The van der Waals surface area contributed by atoms with Gasteiger partial charge in [-0.25, -0.2) is 0 Å². The summed E-state index contributed by atoms with van der Waals surface area (Å²) in [6.07, 6.45) is 3.27. The normalized spacial score (nSPS) is 17.1. The summed E-state index contributed by atoms with van der Waals surface area (Å²) in [5.41, 5.74) is 7.32. The van der Waals surface area contributed by atoms with E-state index < -0.39 is 0 Å². The fourth-order valence-electron chi connectivity index (χ4n) is 2.35. The Balaban J connectivity index is 0. The standard InChI is InChI=1S/C14H30N2.C2H6/c1-7-12(10-13(15)8-2)14(6,11(4)5)16-9-3;1-2/h12-13,16H,4,7-10,15H2,1-3,5-6H3;1-2H3. The number of likely N-dealkylation sites (N-methyl/N-ethyl adjacent to an activating group) is 1. The van der Waals surface area contributed by atoms with Crippen LogP contribution in [0.2, 0.25) is 0 Å². The molecule has 0 fully saturated rings. The SMILES string of the molecule is C=C(C)C(C)(NCC)C(CC)CC(N)CC.CC. The van der Waals surface area contributed by atoms with E-state index in [9.17, 15) is 0 Å². The fourth-order valence-corrected chi connectivity index (χ4v) is 2.35. The van der Waals surface area contributed by atoms with E-state index in [-0.39, 0.29) is 5.54 Å². The van der Waals surface area contributed by atoms with E-state index in [0.29, 0.717) is 12.0 Å². The first-order valence-corrected chi connectivity index (χ1v) is 7.58. The van der Waals surface area contributed by atoms with E-state index in [1.54, 1.807) is 0 Å². The van der Waals surface area contributed by atoms with Crippen molar-refractivity contribution in [1.29, 1.82) is 0 Å². The van der Waals surface area contributed by atoms with Crippen LogP contribution in [0.3, 0.4) is 0 Å². The molecule has 0 saturated carbocycles. The summed E-state index contributed by atoms with van der Waals surface area (Å²) in [6.45, 7) is 20.0. The summed E-state index contributed by atoms with van der Waals surface area (Å²) in [5, 5.41) is 3.58. The lowest BCUT2D eigenvalue weighted by atomic mass is 9.75. The van der Waals surface area contributed by atoms with Crippen LogP contribution in [-0.2, 0) is 0 Å². The van der Waals surface area contributed by atoms with Gasteiger partial charge in [-0.05, 0) is 39.2 Å². The van der Waals surface area contributed by atoms with E-state index in [4.69, 9.17) is 5.73 Å². The highest BCUT2D eigenvalue weighted by molar-refractivity contribution is 5.15. The van der Waals surface area contributed by atoms with Gasteiger partial charge in [0.25, 0.3) is 0 Å². The molecule has 0 aromatic heterocycles. The van der Waals surface area contributed by atoms with Crippen molar-refractivity contribution in [2.75, 3.05) is 6.54 Å². The minimum absolute atomic E-state index is 0.0241. The molecule has 3 atom stereocenters. The van der Waals surface area contributed by atoms with Crippen LogP contribution < -0.4 is 11.1 Å². The fraction of sp³-hybridized carbons (Fsp3) is 0.875.